The lowest BCUT2D eigenvalue weighted by Crippen LogP contribution is -2.24. The lowest BCUT2D eigenvalue weighted by Gasteiger charge is -2.05. The first-order chi connectivity index (χ1) is 8.77. The Morgan fingerprint density at radius 2 is 1.94 bits per heavy atom. The van der Waals surface area contributed by atoms with Crippen LogP contribution in [0.15, 0.2) is 24.3 Å². The van der Waals surface area contributed by atoms with Gasteiger partial charge in [0.1, 0.15) is 0 Å². The second kappa shape index (κ2) is 9.11. The number of amides is 1. The van der Waals surface area contributed by atoms with E-state index in [9.17, 15) is 4.79 Å². The van der Waals surface area contributed by atoms with E-state index in [-0.39, 0.29) is 5.91 Å². The van der Waals surface area contributed by atoms with E-state index >= 15 is 0 Å². The van der Waals surface area contributed by atoms with Gasteiger partial charge in [0, 0.05) is 31.2 Å². The second-order valence-corrected chi connectivity index (χ2v) is 4.70. The lowest BCUT2D eigenvalue weighted by molar-refractivity contribution is 0.0952. The summed E-state index contributed by atoms with van der Waals surface area (Å²) < 4.78 is 4.97. The molecule has 0 saturated heterocycles. The summed E-state index contributed by atoms with van der Waals surface area (Å²) in [6, 6.07) is 7.64. The molecule has 100 valence electrons. The van der Waals surface area contributed by atoms with E-state index in [1.807, 2.05) is 24.3 Å². The molecular weight excluding hydrogens is 294 g/mol. The summed E-state index contributed by atoms with van der Waals surface area (Å²) in [5, 5.41) is 3.74. The Bertz CT molecular complexity index is 351. The molecule has 4 heteroatoms. The predicted molar refractivity (Wildman–Crippen MR) is 77.1 cm³/mol. The highest BCUT2D eigenvalue weighted by molar-refractivity contribution is 9.08. The van der Waals surface area contributed by atoms with Crippen molar-refractivity contribution in [2.24, 2.45) is 0 Å². The van der Waals surface area contributed by atoms with Gasteiger partial charge in [-0.1, -0.05) is 28.1 Å². The van der Waals surface area contributed by atoms with Crippen LogP contribution in [0.4, 0.5) is 0 Å². The van der Waals surface area contributed by atoms with Crippen molar-refractivity contribution in [1.29, 1.82) is 0 Å². The smallest absolute Gasteiger partial charge is 0.251 e. The predicted octanol–water partition coefficient (Wildman–Crippen LogP) is 3.13. The van der Waals surface area contributed by atoms with Crippen molar-refractivity contribution in [3.63, 3.8) is 0 Å². The molecule has 0 bridgehead atoms. The normalized spacial score (nSPS) is 10.3. The quantitative estimate of drug-likeness (QED) is 0.591. The lowest BCUT2D eigenvalue weighted by atomic mass is 10.1. The number of carbonyl (C=O) groups excluding carboxylic acids is 1. The minimum atomic E-state index is 0.00265. The highest BCUT2D eigenvalue weighted by Gasteiger charge is 2.03. The number of alkyl halides is 1. The van der Waals surface area contributed by atoms with Crippen LogP contribution in [0.25, 0.3) is 0 Å². The molecule has 0 radical (unpaired) electrons. The molecule has 0 unspecified atom stereocenters. The summed E-state index contributed by atoms with van der Waals surface area (Å²) in [6.07, 6.45) is 3.12. The van der Waals surface area contributed by atoms with Gasteiger partial charge in [-0.25, -0.2) is 0 Å². The molecule has 0 aromatic heterocycles. The van der Waals surface area contributed by atoms with Gasteiger partial charge in [0.2, 0.25) is 0 Å². The fraction of sp³-hybridized carbons (Fsp3) is 0.500. The largest absolute Gasteiger partial charge is 0.385 e. The van der Waals surface area contributed by atoms with E-state index in [0.717, 1.165) is 43.3 Å². The third-order valence-corrected chi connectivity index (χ3v) is 3.33. The number of nitrogens with one attached hydrogen (secondary N) is 1. The monoisotopic (exact) mass is 313 g/mol. The molecule has 0 atom stereocenters. The summed E-state index contributed by atoms with van der Waals surface area (Å²) in [5.74, 6) is 0.00265. The van der Waals surface area contributed by atoms with E-state index in [2.05, 4.69) is 21.2 Å². The fourth-order valence-electron chi connectivity index (χ4n) is 1.60. The molecular formula is C14H20BrNO2. The Balaban J connectivity index is 2.23. The Labute approximate surface area is 117 Å². The summed E-state index contributed by atoms with van der Waals surface area (Å²) >= 11 is 3.38. The van der Waals surface area contributed by atoms with Gasteiger partial charge in [0.15, 0.2) is 0 Å². The van der Waals surface area contributed by atoms with Gasteiger partial charge in [-0.3, -0.25) is 4.79 Å². The molecule has 0 aliphatic rings. The molecule has 1 aromatic rings. The van der Waals surface area contributed by atoms with Crippen molar-refractivity contribution in [1.82, 2.24) is 5.32 Å². The van der Waals surface area contributed by atoms with Crippen molar-refractivity contribution in [3.8, 4) is 0 Å². The molecule has 0 heterocycles. The number of methoxy groups -OCH3 is 1. The van der Waals surface area contributed by atoms with Crippen molar-refractivity contribution < 1.29 is 9.53 Å². The average Bonchev–Trinajstić information content (AvgIpc) is 2.42. The first kappa shape index (κ1) is 15.2. The maximum atomic E-state index is 11.8. The van der Waals surface area contributed by atoms with E-state index in [0.29, 0.717) is 0 Å². The number of rotatable bonds is 8. The van der Waals surface area contributed by atoms with Crippen LogP contribution in [0.5, 0.6) is 0 Å². The van der Waals surface area contributed by atoms with Crippen LogP contribution in [-0.2, 0) is 10.1 Å². The van der Waals surface area contributed by atoms with Crippen molar-refractivity contribution in [2.45, 2.75) is 24.6 Å². The van der Waals surface area contributed by atoms with Gasteiger partial charge in [-0.15, -0.1) is 0 Å². The number of ether oxygens (including phenoxy) is 1. The van der Waals surface area contributed by atoms with Gasteiger partial charge < -0.3 is 10.1 Å². The molecule has 0 fully saturated rings. The molecule has 18 heavy (non-hydrogen) atoms. The number of carbonyl (C=O) groups is 1. The second-order valence-electron chi connectivity index (χ2n) is 4.14. The standard InChI is InChI=1S/C14H20BrNO2/c1-18-10-4-2-3-9-16-14(17)13-7-5-12(11-15)6-8-13/h5-8H,2-4,9-11H2,1H3,(H,16,17). The van der Waals surface area contributed by atoms with Crippen LogP contribution in [0, 0.1) is 0 Å². The number of hydrogen-bond donors (Lipinski definition) is 1. The molecule has 3 nitrogen and oxygen atoms in total. The van der Waals surface area contributed by atoms with Gasteiger partial charge in [0.25, 0.3) is 5.91 Å². The van der Waals surface area contributed by atoms with Gasteiger partial charge in [0.05, 0.1) is 0 Å². The molecule has 0 spiro atoms. The Morgan fingerprint density at radius 1 is 1.22 bits per heavy atom. The molecule has 0 aliphatic heterocycles. The van der Waals surface area contributed by atoms with Gasteiger partial charge in [-0.05, 0) is 37.0 Å². The zero-order chi connectivity index (χ0) is 13.2. The summed E-state index contributed by atoms with van der Waals surface area (Å²) in [7, 11) is 1.71. The van der Waals surface area contributed by atoms with E-state index in [1.54, 1.807) is 7.11 Å². The van der Waals surface area contributed by atoms with Crippen LogP contribution in [0.2, 0.25) is 0 Å². The van der Waals surface area contributed by atoms with Crippen molar-refractivity contribution in [3.05, 3.63) is 35.4 Å². The van der Waals surface area contributed by atoms with Gasteiger partial charge >= 0.3 is 0 Å². The average molecular weight is 314 g/mol. The number of benzene rings is 1. The SMILES string of the molecule is COCCCCCNC(=O)c1ccc(CBr)cc1. The van der Waals surface area contributed by atoms with Crippen LogP contribution < -0.4 is 5.32 Å². The molecule has 1 aromatic carbocycles. The first-order valence-corrected chi connectivity index (χ1v) is 7.32. The third-order valence-electron chi connectivity index (χ3n) is 2.68. The number of halogens is 1. The molecule has 1 N–H and O–H groups in total. The van der Waals surface area contributed by atoms with Crippen LogP contribution in [-0.4, -0.2) is 26.2 Å². The van der Waals surface area contributed by atoms with E-state index < -0.39 is 0 Å². The van der Waals surface area contributed by atoms with Crippen LogP contribution >= 0.6 is 15.9 Å². The molecule has 1 rings (SSSR count). The maximum Gasteiger partial charge on any atom is 0.251 e. The Hall–Kier alpha value is -0.870. The zero-order valence-corrected chi connectivity index (χ0v) is 12.3. The highest BCUT2D eigenvalue weighted by atomic mass is 79.9. The maximum absolute atomic E-state index is 11.8. The molecule has 0 aliphatic carbocycles. The van der Waals surface area contributed by atoms with Crippen molar-refractivity contribution >= 4 is 21.8 Å². The topological polar surface area (TPSA) is 38.3 Å². The van der Waals surface area contributed by atoms with E-state index in [1.165, 1.54) is 5.56 Å². The summed E-state index contributed by atoms with van der Waals surface area (Å²) in [4.78, 5) is 11.8. The van der Waals surface area contributed by atoms with Gasteiger partial charge in [-0.2, -0.15) is 0 Å². The first-order valence-electron chi connectivity index (χ1n) is 6.20. The zero-order valence-electron chi connectivity index (χ0n) is 10.7. The number of unbranched alkanes of at least 4 members (excludes halogenated alkanes) is 2. The summed E-state index contributed by atoms with van der Waals surface area (Å²) in [6.45, 7) is 1.52. The molecule has 0 saturated carbocycles. The third kappa shape index (κ3) is 5.65. The fourth-order valence-corrected chi connectivity index (χ4v) is 1.97. The van der Waals surface area contributed by atoms with E-state index in [4.69, 9.17) is 4.74 Å². The number of hydrogen-bond acceptors (Lipinski definition) is 2. The minimum Gasteiger partial charge on any atom is -0.385 e. The van der Waals surface area contributed by atoms with Crippen LogP contribution in [0.1, 0.15) is 35.2 Å². The Morgan fingerprint density at radius 3 is 2.56 bits per heavy atom. The van der Waals surface area contributed by atoms with Crippen molar-refractivity contribution in [2.75, 3.05) is 20.3 Å². The Kier molecular flexibility index (Phi) is 7.69. The highest BCUT2D eigenvalue weighted by Crippen LogP contribution is 2.07. The summed E-state index contributed by atoms with van der Waals surface area (Å²) in [5.41, 5.74) is 1.89. The molecule has 1 amide bonds. The van der Waals surface area contributed by atoms with Crippen LogP contribution in [0.3, 0.4) is 0 Å². The minimum absolute atomic E-state index is 0.00265.